The fourth-order valence-electron chi connectivity index (χ4n) is 1.55. The number of hydrogen-bond acceptors (Lipinski definition) is 5. The van der Waals surface area contributed by atoms with Gasteiger partial charge in [-0.15, -0.1) is 11.8 Å². The third-order valence-corrected chi connectivity index (χ3v) is 5.17. The molecule has 0 aromatic heterocycles. The number of benzene rings is 1. The van der Waals surface area contributed by atoms with Gasteiger partial charge in [-0.3, -0.25) is 4.79 Å². The molecular formula is C13H21N3O3S2. The van der Waals surface area contributed by atoms with Crippen molar-refractivity contribution >= 4 is 33.4 Å². The molecule has 1 rings (SSSR count). The van der Waals surface area contributed by atoms with Crippen LogP contribution < -0.4 is 15.8 Å². The molecule has 0 radical (unpaired) electrons. The average Bonchev–Trinajstić information content (AvgIpc) is 2.38. The predicted octanol–water partition coefficient (Wildman–Crippen LogP) is 0.806. The van der Waals surface area contributed by atoms with Crippen LogP contribution in [0, 0.1) is 0 Å². The minimum absolute atomic E-state index is 0.00185. The van der Waals surface area contributed by atoms with Gasteiger partial charge in [0.05, 0.1) is 5.75 Å². The zero-order chi connectivity index (χ0) is 15.7. The molecule has 0 aliphatic heterocycles. The standard InChI is InChI=1S/C13H21N3O3S2/c1-2-15-13(17)6-7-16-21(18,19)9-8-20-12-5-3-4-11(14)10-12/h3-5,10,16H,2,6-9,14H2,1H3,(H,15,17). The zero-order valence-electron chi connectivity index (χ0n) is 12.0. The van der Waals surface area contributed by atoms with Crippen LogP contribution >= 0.6 is 11.8 Å². The maximum absolute atomic E-state index is 11.7. The largest absolute Gasteiger partial charge is 0.399 e. The minimum Gasteiger partial charge on any atom is -0.399 e. The Balaban J connectivity index is 2.28. The van der Waals surface area contributed by atoms with E-state index in [0.717, 1.165) is 4.90 Å². The van der Waals surface area contributed by atoms with Gasteiger partial charge in [0.1, 0.15) is 0 Å². The van der Waals surface area contributed by atoms with Crippen molar-refractivity contribution in [3.05, 3.63) is 24.3 Å². The summed E-state index contributed by atoms with van der Waals surface area (Å²) in [6.07, 6.45) is 0.148. The summed E-state index contributed by atoms with van der Waals surface area (Å²) < 4.78 is 25.9. The molecule has 0 saturated carbocycles. The zero-order valence-corrected chi connectivity index (χ0v) is 13.6. The number of nitrogens with one attached hydrogen (secondary N) is 2. The Bertz CT molecular complexity index is 562. The fraction of sp³-hybridized carbons (Fsp3) is 0.462. The second-order valence-corrected chi connectivity index (χ2v) is 7.43. The number of sulfonamides is 1. The molecule has 1 amide bonds. The molecule has 0 saturated heterocycles. The number of carbonyl (C=O) groups is 1. The second kappa shape index (κ2) is 8.91. The SMILES string of the molecule is CCNC(=O)CCNS(=O)(=O)CCSc1cccc(N)c1. The fourth-order valence-corrected chi connectivity index (χ4v) is 3.95. The van der Waals surface area contributed by atoms with E-state index in [4.69, 9.17) is 5.73 Å². The van der Waals surface area contributed by atoms with Gasteiger partial charge in [-0.1, -0.05) is 6.07 Å². The Hall–Kier alpha value is -1.25. The molecule has 0 aliphatic rings. The van der Waals surface area contributed by atoms with Gasteiger partial charge in [0.2, 0.25) is 15.9 Å². The highest BCUT2D eigenvalue weighted by atomic mass is 32.2. The molecule has 0 aliphatic carbocycles. The number of thioether (sulfide) groups is 1. The van der Waals surface area contributed by atoms with Crippen molar-refractivity contribution in [3.8, 4) is 0 Å². The number of amides is 1. The maximum Gasteiger partial charge on any atom is 0.221 e. The average molecular weight is 331 g/mol. The van der Waals surface area contributed by atoms with Crippen molar-refractivity contribution in [1.82, 2.24) is 10.0 Å². The van der Waals surface area contributed by atoms with E-state index in [1.807, 2.05) is 19.1 Å². The molecule has 8 heteroatoms. The van der Waals surface area contributed by atoms with Crippen LogP contribution in [0.3, 0.4) is 0 Å². The maximum atomic E-state index is 11.7. The first-order valence-corrected chi connectivity index (χ1v) is 9.29. The number of carbonyl (C=O) groups excluding carboxylic acids is 1. The van der Waals surface area contributed by atoms with Crippen LogP contribution in [-0.2, 0) is 14.8 Å². The molecule has 1 aromatic carbocycles. The monoisotopic (exact) mass is 331 g/mol. The Kier molecular flexibility index (Phi) is 7.55. The summed E-state index contributed by atoms with van der Waals surface area (Å²) in [6, 6.07) is 7.30. The summed E-state index contributed by atoms with van der Waals surface area (Å²) in [6.45, 7) is 2.48. The van der Waals surface area contributed by atoms with Crippen molar-refractivity contribution in [2.45, 2.75) is 18.2 Å². The smallest absolute Gasteiger partial charge is 0.221 e. The first-order valence-electron chi connectivity index (χ1n) is 6.65. The Morgan fingerprint density at radius 2 is 2.14 bits per heavy atom. The molecule has 0 bridgehead atoms. The highest BCUT2D eigenvalue weighted by molar-refractivity contribution is 8.00. The van der Waals surface area contributed by atoms with Crippen LogP contribution in [0.2, 0.25) is 0 Å². The summed E-state index contributed by atoms with van der Waals surface area (Å²) in [5.74, 6) is 0.274. The number of anilines is 1. The van der Waals surface area contributed by atoms with Crippen LogP contribution in [0.4, 0.5) is 5.69 Å². The molecule has 0 atom stereocenters. The molecule has 0 spiro atoms. The molecule has 118 valence electrons. The van der Waals surface area contributed by atoms with E-state index in [1.165, 1.54) is 11.8 Å². The molecule has 1 aromatic rings. The first-order chi connectivity index (χ1) is 9.93. The third kappa shape index (κ3) is 7.93. The van der Waals surface area contributed by atoms with Crippen molar-refractivity contribution in [2.24, 2.45) is 0 Å². The molecule has 6 nitrogen and oxygen atoms in total. The van der Waals surface area contributed by atoms with Gasteiger partial charge < -0.3 is 11.1 Å². The van der Waals surface area contributed by atoms with Crippen LogP contribution in [0.25, 0.3) is 0 Å². The number of rotatable bonds is 9. The summed E-state index contributed by atoms with van der Waals surface area (Å²) in [4.78, 5) is 12.1. The van der Waals surface area contributed by atoms with Crippen molar-refractivity contribution in [2.75, 3.05) is 30.3 Å². The van der Waals surface area contributed by atoms with Gasteiger partial charge in [0.15, 0.2) is 0 Å². The van der Waals surface area contributed by atoms with E-state index in [9.17, 15) is 13.2 Å². The summed E-state index contributed by atoms with van der Waals surface area (Å²) >= 11 is 1.43. The molecule has 0 unspecified atom stereocenters. The van der Waals surface area contributed by atoms with Crippen molar-refractivity contribution in [3.63, 3.8) is 0 Å². The van der Waals surface area contributed by atoms with E-state index in [1.54, 1.807) is 12.1 Å². The number of nitrogen functional groups attached to an aromatic ring is 1. The van der Waals surface area contributed by atoms with Gasteiger partial charge in [-0.05, 0) is 25.1 Å². The molecule has 0 heterocycles. The lowest BCUT2D eigenvalue weighted by Gasteiger charge is -2.07. The van der Waals surface area contributed by atoms with E-state index in [2.05, 4.69) is 10.0 Å². The minimum atomic E-state index is -3.35. The third-order valence-electron chi connectivity index (χ3n) is 2.53. The van der Waals surface area contributed by atoms with Crippen LogP contribution in [0.5, 0.6) is 0 Å². The van der Waals surface area contributed by atoms with Gasteiger partial charge in [0.25, 0.3) is 0 Å². The van der Waals surface area contributed by atoms with Crippen molar-refractivity contribution in [1.29, 1.82) is 0 Å². The summed E-state index contributed by atoms with van der Waals surface area (Å²) in [7, 11) is -3.35. The first kappa shape index (κ1) is 17.8. The highest BCUT2D eigenvalue weighted by Gasteiger charge is 2.10. The lowest BCUT2D eigenvalue weighted by molar-refractivity contribution is -0.120. The van der Waals surface area contributed by atoms with E-state index < -0.39 is 10.0 Å². The lowest BCUT2D eigenvalue weighted by atomic mass is 10.3. The normalized spacial score (nSPS) is 11.3. The van der Waals surface area contributed by atoms with Gasteiger partial charge in [-0.2, -0.15) is 0 Å². The lowest BCUT2D eigenvalue weighted by Crippen LogP contribution is -2.32. The Morgan fingerprint density at radius 1 is 1.38 bits per heavy atom. The van der Waals surface area contributed by atoms with E-state index in [0.29, 0.717) is 18.0 Å². The van der Waals surface area contributed by atoms with Crippen LogP contribution in [-0.4, -0.2) is 38.9 Å². The molecule has 4 N–H and O–H groups in total. The second-order valence-electron chi connectivity index (χ2n) is 4.34. The van der Waals surface area contributed by atoms with E-state index >= 15 is 0 Å². The number of nitrogens with two attached hydrogens (primary N) is 1. The predicted molar refractivity (Wildman–Crippen MR) is 86.7 cm³/mol. The molecular weight excluding hydrogens is 310 g/mol. The Morgan fingerprint density at radius 3 is 2.81 bits per heavy atom. The summed E-state index contributed by atoms with van der Waals surface area (Å²) in [5.41, 5.74) is 6.31. The summed E-state index contributed by atoms with van der Waals surface area (Å²) in [5, 5.41) is 2.61. The van der Waals surface area contributed by atoms with Crippen LogP contribution in [0.15, 0.2) is 29.2 Å². The number of hydrogen-bond donors (Lipinski definition) is 3. The van der Waals surface area contributed by atoms with Crippen LogP contribution in [0.1, 0.15) is 13.3 Å². The van der Waals surface area contributed by atoms with Gasteiger partial charge >= 0.3 is 0 Å². The topological polar surface area (TPSA) is 101 Å². The van der Waals surface area contributed by atoms with Gasteiger partial charge in [0, 0.05) is 35.8 Å². The van der Waals surface area contributed by atoms with Gasteiger partial charge in [-0.25, -0.2) is 13.1 Å². The quantitative estimate of drug-likeness (QED) is 0.459. The molecule has 21 heavy (non-hydrogen) atoms. The molecule has 0 fully saturated rings. The highest BCUT2D eigenvalue weighted by Crippen LogP contribution is 2.20. The Labute approximate surface area is 129 Å². The van der Waals surface area contributed by atoms with Crippen molar-refractivity contribution < 1.29 is 13.2 Å². The van der Waals surface area contributed by atoms with E-state index in [-0.39, 0.29) is 24.6 Å².